The molecule has 0 bridgehead atoms. The van der Waals surface area contributed by atoms with Crippen molar-refractivity contribution in [1.29, 1.82) is 0 Å². The maximum atomic E-state index is 11.0. The van der Waals surface area contributed by atoms with Gasteiger partial charge in [-0.2, -0.15) is 0 Å². The Balaban J connectivity index is 2.31. The average Bonchev–Trinajstić information content (AvgIpc) is 2.16. The number of ether oxygens (including phenoxy) is 1. The maximum absolute atomic E-state index is 11.0. The fraction of sp³-hybridized carbons (Fsp3) is 0.375. The number of sulfonamides is 1. The first-order chi connectivity index (χ1) is 6.57. The molecule has 5 nitrogen and oxygen atoms in total. The van der Waals surface area contributed by atoms with Crippen molar-refractivity contribution in [2.45, 2.75) is 12.1 Å². The summed E-state index contributed by atoms with van der Waals surface area (Å²) < 4.78 is 27.4. The highest BCUT2D eigenvalue weighted by atomic mass is 32.2. The number of hydrogen-bond acceptors (Lipinski definition) is 4. The van der Waals surface area contributed by atoms with E-state index in [-0.39, 0.29) is 17.1 Å². The summed E-state index contributed by atoms with van der Waals surface area (Å²) in [5.74, 6) is 0. The van der Waals surface area contributed by atoms with Crippen molar-refractivity contribution >= 4 is 16.2 Å². The molecule has 2 unspecified atom stereocenters. The van der Waals surface area contributed by atoms with Gasteiger partial charge in [0.15, 0.2) is 0 Å². The van der Waals surface area contributed by atoms with Gasteiger partial charge < -0.3 is 4.74 Å². The van der Waals surface area contributed by atoms with Gasteiger partial charge in [-0.15, -0.1) is 0 Å². The SMILES string of the molecule is NS(=O)(=O)C1=CC2OCC=NC2C=C1. The van der Waals surface area contributed by atoms with Gasteiger partial charge in [0.25, 0.3) is 0 Å². The molecule has 0 aromatic rings. The van der Waals surface area contributed by atoms with E-state index in [2.05, 4.69) is 4.99 Å². The number of nitrogens with two attached hydrogens (primary N) is 1. The molecule has 0 saturated heterocycles. The second kappa shape index (κ2) is 3.30. The van der Waals surface area contributed by atoms with Crippen LogP contribution in [0.3, 0.4) is 0 Å². The molecule has 0 aromatic carbocycles. The molecule has 1 aliphatic carbocycles. The number of rotatable bonds is 1. The van der Waals surface area contributed by atoms with E-state index < -0.39 is 10.0 Å². The molecule has 0 aromatic heterocycles. The van der Waals surface area contributed by atoms with Crippen LogP contribution in [-0.2, 0) is 14.8 Å². The van der Waals surface area contributed by atoms with Crippen LogP contribution in [0.5, 0.6) is 0 Å². The molecular weight excluding hydrogens is 204 g/mol. The zero-order valence-corrected chi connectivity index (χ0v) is 8.15. The summed E-state index contributed by atoms with van der Waals surface area (Å²) in [6.07, 6.45) is 6.00. The standard InChI is InChI=1S/C8H10N2O3S/c9-14(11,12)6-1-2-7-8(5-6)13-4-3-10-7/h1-3,5,7-8H,4H2,(H2,9,11,12). The normalized spacial score (nSPS) is 31.1. The summed E-state index contributed by atoms with van der Waals surface area (Å²) in [5, 5.41) is 4.99. The van der Waals surface area contributed by atoms with Gasteiger partial charge >= 0.3 is 0 Å². The van der Waals surface area contributed by atoms with E-state index in [1.807, 2.05) is 0 Å². The monoisotopic (exact) mass is 214 g/mol. The minimum absolute atomic E-state index is 0.0934. The van der Waals surface area contributed by atoms with Crippen LogP contribution in [0.4, 0.5) is 0 Å². The Hall–Kier alpha value is -0.980. The third kappa shape index (κ3) is 1.77. The predicted molar refractivity (Wildman–Crippen MR) is 52.4 cm³/mol. The van der Waals surface area contributed by atoms with Crippen molar-refractivity contribution in [3.05, 3.63) is 23.1 Å². The maximum Gasteiger partial charge on any atom is 0.237 e. The Kier molecular flexibility index (Phi) is 2.26. The number of primary sulfonamides is 1. The van der Waals surface area contributed by atoms with Crippen molar-refractivity contribution in [2.24, 2.45) is 10.1 Å². The van der Waals surface area contributed by atoms with Gasteiger partial charge in [-0.25, -0.2) is 13.6 Å². The molecule has 2 N–H and O–H groups in total. The van der Waals surface area contributed by atoms with Gasteiger partial charge in [-0.1, -0.05) is 6.08 Å². The molecule has 0 amide bonds. The number of nitrogens with zero attached hydrogens (tertiary/aromatic N) is 1. The Morgan fingerprint density at radius 2 is 2.36 bits per heavy atom. The van der Waals surface area contributed by atoms with Crippen LogP contribution in [0, 0.1) is 0 Å². The van der Waals surface area contributed by atoms with Crippen LogP contribution in [-0.4, -0.2) is 33.4 Å². The third-order valence-electron chi connectivity index (χ3n) is 2.09. The Bertz CT molecular complexity index is 422. The minimum Gasteiger partial charge on any atom is -0.366 e. The van der Waals surface area contributed by atoms with E-state index in [1.54, 1.807) is 12.3 Å². The van der Waals surface area contributed by atoms with Crippen molar-refractivity contribution in [2.75, 3.05) is 6.61 Å². The van der Waals surface area contributed by atoms with Crippen molar-refractivity contribution in [3.8, 4) is 0 Å². The average molecular weight is 214 g/mol. The van der Waals surface area contributed by atoms with Gasteiger partial charge in [0.1, 0.15) is 6.10 Å². The molecule has 1 heterocycles. The van der Waals surface area contributed by atoms with E-state index in [0.29, 0.717) is 6.61 Å². The van der Waals surface area contributed by atoms with Crippen LogP contribution in [0.2, 0.25) is 0 Å². The zero-order chi connectivity index (χ0) is 10.2. The quantitative estimate of drug-likeness (QED) is 0.642. The van der Waals surface area contributed by atoms with E-state index in [4.69, 9.17) is 9.88 Å². The molecule has 1 aliphatic heterocycles. The smallest absolute Gasteiger partial charge is 0.237 e. The summed E-state index contributed by atoms with van der Waals surface area (Å²) in [5.41, 5.74) is 0. The van der Waals surface area contributed by atoms with Gasteiger partial charge in [0.2, 0.25) is 10.0 Å². The van der Waals surface area contributed by atoms with E-state index in [9.17, 15) is 8.42 Å². The van der Waals surface area contributed by atoms with Crippen molar-refractivity contribution in [1.82, 2.24) is 0 Å². The second-order valence-corrected chi connectivity index (χ2v) is 4.65. The summed E-state index contributed by atoms with van der Waals surface area (Å²) in [7, 11) is -3.63. The number of fused-ring (bicyclic) bond motifs is 1. The highest BCUT2D eigenvalue weighted by molar-refractivity contribution is 7.93. The molecule has 0 saturated carbocycles. The van der Waals surface area contributed by atoms with Gasteiger partial charge in [0, 0.05) is 6.21 Å². The zero-order valence-electron chi connectivity index (χ0n) is 7.33. The van der Waals surface area contributed by atoms with E-state index in [0.717, 1.165) is 0 Å². The molecule has 14 heavy (non-hydrogen) atoms. The lowest BCUT2D eigenvalue weighted by atomic mass is 10.1. The first kappa shape index (κ1) is 9.57. The molecule has 2 aliphatic rings. The first-order valence-electron chi connectivity index (χ1n) is 4.13. The third-order valence-corrected chi connectivity index (χ3v) is 3.02. The molecule has 0 fully saturated rings. The fourth-order valence-electron chi connectivity index (χ4n) is 1.41. The Labute approximate surface area is 82.0 Å². The van der Waals surface area contributed by atoms with Crippen molar-refractivity contribution < 1.29 is 13.2 Å². The van der Waals surface area contributed by atoms with Crippen LogP contribution in [0.1, 0.15) is 0 Å². The summed E-state index contributed by atoms with van der Waals surface area (Å²) in [6.45, 7) is 0.406. The summed E-state index contributed by atoms with van der Waals surface area (Å²) in [6, 6.07) is -0.116. The van der Waals surface area contributed by atoms with Crippen LogP contribution in [0.25, 0.3) is 0 Å². The lowest BCUT2D eigenvalue weighted by Crippen LogP contribution is -2.32. The van der Waals surface area contributed by atoms with Crippen LogP contribution < -0.4 is 5.14 Å². The van der Waals surface area contributed by atoms with Crippen LogP contribution >= 0.6 is 0 Å². The summed E-state index contributed by atoms with van der Waals surface area (Å²) >= 11 is 0. The number of aliphatic imine (C=N–C) groups is 1. The van der Waals surface area contributed by atoms with Crippen LogP contribution in [0.15, 0.2) is 28.1 Å². The van der Waals surface area contributed by atoms with E-state index in [1.165, 1.54) is 12.2 Å². The molecule has 2 atom stereocenters. The topological polar surface area (TPSA) is 81.8 Å². The van der Waals surface area contributed by atoms with Gasteiger partial charge in [-0.05, 0) is 12.2 Å². The highest BCUT2D eigenvalue weighted by Gasteiger charge is 2.25. The fourth-order valence-corrected chi connectivity index (χ4v) is 2.00. The molecule has 0 radical (unpaired) electrons. The molecular formula is C8H10N2O3S. The largest absolute Gasteiger partial charge is 0.366 e. The lowest BCUT2D eigenvalue weighted by Gasteiger charge is -2.25. The highest BCUT2D eigenvalue weighted by Crippen LogP contribution is 2.20. The molecule has 76 valence electrons. The molecule has 0 spiro atoms. The van der Waals surface area contributed by atoms with E-state index >= 15 is 0 Å². The lowest BCUT2D eigenvalue weighted by molar-refractivity contribution is 0.0996. The number of hydrogen-bond donors (Lipinski definition) is 1. The second-order valence-electron chi connectivity index (χ2n) is 3.09. The Morgan fingerprint density at radius 3 is 3.07 bits per heavy atom. The van der Waals surface area contributed by atoms with Gasteiger partial charge in [0.05, 0.1) is 17.6 Å². The van der Waals surface area contributed by atoms with Gasteiger partial charge in [-0.3, -0.25) is 4.99 Å². The molecule has 2 rings (SSSR count). The number of allylic oxidation sites excluding steroid dienone is 1. The minimum atomic E-state index is -3.63. The Morgan fingerprint density at radius 1 is 1.57 bits per heavy atom. The predicted octanol–water partition coefficient (Wildman–Crippen LogP) is -0.433. The summed E-state index contributed by atoms with van der Waals surface area (Å²) in [4.78, 5) is 4.24. The first-order valence-corrected chi connectivity index (χ1v) is 5.68. The molecule has 6 heteroatoms. The van der Waals surface area contributed by atoms with Crippen molar-refractivity contribution in [3.63, 3.8) is 0 Å².